The first-order valence-corrected chi connectivity index (χ1v) is 7.42. The fourth-order valence-electron chi connectivity index (χ4n) is 2.07. The van der Waals surface area contributed by atoms with Gasteiger partial charge in [-0.2, -0.15) is 0 Å². The molecule has 0 radical (unpaired) electrons. The van der Waals surface area contributed by atoms with Gasteiger partial charge < -0.3 is 10.6 Å². The fourth-order valence-corrected chi connectivity index (χ4v) is 2.07. The number of carbonyl (C=O) groups excluding carboxylic acids is 1. The van der Waals surface area contributed by atoms with Crippen LogP contribution in [0.15, 0.2) is 36.7 Å². The third-order valence-corrected chi connectivity index (χ3v) is 3.05. The van der Waals surface area contributed by atoms with Gasteiger partial charge in [0.15, 0.2) is 5.82 Å². The smallest absolute Gasteiger partial charge is 0.234 e. The number of carbonyl (C=O) groups is 1. The Morgan fingerprint density at radius 2 is 1.95 bits per heavy atom. The number of nitrogens with zero attached hydrogens (tertiary/aromatic N) is 2. The molecule has 0 bridgehead atoms. The van der Waals surface area contributed by atoms with Gasteiger partial charge >= 0.3 is 0 Å². The third-order valence-electron chi connectivity index (χ3n) is 3.05. The maximum atomic E-state index is 11.5. The molecule has 0 aliphatic carbocycles. The maximum Gasteiger partial charge on any atom is 0.234 e. The molecule has 0 aliphatic rings. The Kier molecular flexibility index (Phi) is 5.61. The topological polar surface area (TPSA) is 66.9 Å². The molecule has 2 N–H and O–H groups in total. The van der Waals surface area contributed by atoms with E-state index >= 15 is 0 Å². The Bertz CT molecular complexity index is 623. The average molecular weight is 298 g/mol. The van der Waals surface area contributed by atoms with Crippen LogP contribution in [0.3, 0.4) is 0 Å². The monoisotopic (exact) mass is 298 g/mol. The molecular weight excluding hydrogens is 276 g/mol. The predicted molar refractivity (Wildman–Crippen MR) is 87.2 cm³/mol. The first-order valence-electron chi connectivity index (χ1n) is 7.42. The molecular formula is C17H22N4O. The molecule has 1 aromatic heterocycles. The van der Waals surface area contributed by atoms with Crippen molar-refractivity contribution in [2.24, 2.45) is 0 Å². The summed E-state index contributed by atoms with van der Waals surface area (Å²) < 4.78 is 0. The Morgan fingerprint density at radius 3 is 2.59 bits per heavy atom. The lowest BCUT2D eigenvalue weighted by Crippen LogP contribution is -2.37. The highest BCUT2D eigenvalue weighted by Gasteiger charge is 2.04. The second kappa shape index (κ2) is 7.66. The van der Waals surface area contributed by atoms with Gasteiger partial charge in [-0.1, -0.05) is 23.8 Å². The lowest BCUT2D eigenvalue weighted by atomic mass is 10.1. The number of hydrogen-bond donors (Lipinski definition) is 2. The van der Waals surface area contributed by atoms with Gasteiger partial charge in [0.25, 0.3) is 0 Å². The van der Waals surface area contributed by atoms with E-state index in [0.29, 0.717) is 12.4 Å². The average Bonchev–Trinajstić information content (AvgIpc) is 2.47. The number of aryl methyl sites for hydroxylation is 1. The summed E-state index contributed by atoms with van der Waals surface area (Å²) in [5.41, 5.74) is 3.15. The largest absolute Gasteiger partial charge is 0.353 e. The van der Waals surface area contributed by atoms with E-state index in [9.17, 15) is 4.79 Å². The van der Waals surface area contributed by atoms with E-state index in [-0.39, 0.29) is 18.5 Å². The highest BCUT2D eigenvalue weighted by molar-refractivity contribution is 5.78. The molecule has 0 spiro atoms. The third kappa shape index (κ3) is 4.93. The van der Waals surface area contributed by atoms with Crippen molar-refractivity contribution in [3.05, 3.63) is 47.8 Å². The van der Waals surface area contributed by atoms with E-state index in [1.807, 2.05) is 39.0 Å². The van der Waals surface area contributed by atoms with Crippen LogP contribution >= 0.6 is 0 Å². The van der Waals surface area contributed by atoms with Gasteiger partial charge in [0.05, 0.1) is 6.54 Å². The quantitative estimate of drug-likeness (QED) is 0.856. The molecule has 5 heteroatoms. The molecule has 1 amide bonds. The minimum atomic E-state index is -0.00713. The standard InChI is InChI=1S/C17H22N4O/c1-12(2)21-16(22)11-18-8-14-9-19-17(20-10-14)15-6-4-5-13(3)7-15/h4-7,9-10,12,18H,8,11H2,1-3H3,(H,21,22). The molecule has 0 unspecified atom stereocenters. The van der Waals surface area contributed by atoms with Crippen LogP contribution in [0.1, 0.15) is 25.0 Å². The van der Waals surface area contributed by atoms with Crippen molar-refractivity contribution >= 4 is 5.91 Å². The summed E-state index contributed by atoms with van der Waals surface area (Å²) in [4.78, 5) is 20.3. The summed E-state index contributed by atoms with van der Waals surface area (Å²) in [5, 5.41) is 5.92. The van der Waals surface area contributed by atoms with Gasteiger partial charge in [0.2, 0.25) is 5.91 Å². The summed E-state index contributed by atoms with van der Waals surface area (Å²) in [5.74, 6) is 0.706. The summed E-state index contributed by atoms with van der Waals surface area (Å²) >= 11 is 0. The molecule has 0 aliphatic heterocycles. The number of aromatic nitrogens is 2. The number of hydrogen-bond acceptors (Lipinski definition) is 4. The van der Waals surface area contributed by atoms with Crippen LogP contribution in [0.4, 0.5) is 0 Å². The van der Waals surface area contributed by atoms with Crippen molar-refractivity contribution in [1.29, 1.82) is 0 Å². The van der Waals surface area contributed by atoms with Gasteiger partial charge in [-0.3, -0.25) is 4.79 Å². The molecule has 5 nitrogen and oxygen atoms in total. The Labute approximate surface area is 131 Å². The minimum Gasteiger partial charge on any atom is -0.353 e. The van der Waals surface area contributed by atoms with E-state index in [1.165, 1.54) is 5.56 Å². The predicted octanol–water partition coefficient (Wildman–Crippen LogP) is 2.07. The van der Waals surface area contributed by atoms with Crippen molar-refractivity contribution in [3.8, 4) is 11.4 Å². The zero-order valence-electron chi connectivity index (χ0n) is 13.3. The van der Waals surface area contributed by atoms with Crippen molar-refractivity contribution in [2.75, 3.05) is 6.54 Å². The second-order valence-electron chi connectivity index (χ2n) is 5.61. The molecule has 22 heavy (non-hydrogen) atoms. The number of nitrogens with one attached hydrogen (secondary N) is 2. The van der Waals surface area contributed by atoms with E-state index in [1.54, 1.807) is 12.4 Å². The highest BCUT2D eigenvalue weighted by atomic mass is 16.1. The van der Waals surface area contributed by atoms with E-state index in [4.69, 9.17) is 0 Å². The van der Waals surface area contributed by atoms with Crippen LogP contribution < -0.4 is 10.6 Å². The van der Waals surface area contributed by atoms with Crippen LogP contribution in [-0.2, 0) is 11.3 Å². The van der Waals surface area contributed by atoms with Gasteiger partial charge in [-0.25, -0.2) is 9.97 Å². The van der Waals surface area contributed by atoms with E-state index in [0.717, 1.165) is 11.1 Å². The summed E-state index contributed by atoms with van der Waals surface area (Å²) in [6.45, 7) is 6.78. The van der Waals surface area contributed by atoms with Crippen molar-refractivity contribution < 1.29 is 4.79 Å². The highest BCUT2D eigenvalue weighted by Crippen LogP contribution is 2.15. The minimum absolute atomic E-state index is 0.00713. The first-order chi connectivity index (χ1) is 10.5. The maximum absolute atomic E-state index is 11.5. The van der Waals surface area contributed by atoms with Crippen LogP contribution in [0.2, 0.25) is 0 Å². The van der Waals surface area contributed by atoms with E-state index < -0.39 is 0 Å². The molecule has 0 atom stereocenters. The van der Waals surface area contributed by atoms with Crippen molar-refractivity contribution in [2.45, 2.75) is 33.4 Å². The second-order valence-corrected chi connectivity index (χ2v) is 5.61. The molecule has 0 saturated heterocycles. The zero-order valence-corrected chi connectivity index (χ0v) is 13.3. The fraction of sp³-hybridized carbons (Fsp3) is 0.353. The van der Waals surface area contributed by atoms with E-state index in [2.05, 4.69) is 26.7 Å². The zero-order chi connectivity index (χ0) is 15.9. The number of amides is 1. The number of rotatable bonds is 6. The molecule has 0 fully saturated rings. The van der Waals surface area contributed by atoms with Crippen LogP contribution in [-0.4, -0.2) is 28.5 Å². The lowest BCUT2D eigenvalue weighted by Gasteiger charge is -2.09. The van der Waals surface area contributed by atoms with Crippen LogP contribution in [0.5, 0.6) is 0 Å². The molecule has 2 aromatic rings. The Hall–Kier alpha value is -2.27. The Balaban J connectivity index is 1.88. The van der Waals surface area contributed by atoms with Gasteiger partial charge in [0, 0.05) is 36.1 Å². The van der Waals surface area contributed by atoms with Crippen LogP contribution in [0.25, 0.3) is 11.4 Å². The van der Waals surface area contributed by atoms with Gasteiger partial charge in [-0.15, -0.1) is 0 Å². The first kappa shape index (κ1) is 16.1. The molecule has 0 saturated carbocycles. The van der Waals surface area contributed by atoms with Gasteiger partial charge in [-0.05, 0) is 26.8 Å². The normalized spacial score (nSPS) is 10.7. The van der Waals surface area contributed by atoms with Crippen molar-refractivity contribution in [1.82, 2.24) is 20.6 Å². The molecule has 116 valence electrons. The van der Waals surface area contributed by atoms with Crippen LogP contribution in [0, 0.1) is 6.92 Å². The Morgan fingerprint density at radius 1 is 1.23 bits per heavy atom. The molecule has 1 heterocycles. The van der Waals surface area contributed by atoms with Crippen molar-refractivity contribution in [3.63, 3.8) is 0 Å². The van der Waals surface area contributed by atoms with Gasteiger partial charge in [0.1, 0.15) is 0 Å². The summed E-state index contributed by atoms with van der Waals surface area (Å²) in [6, 6.07) is 8.26. The summed E-state index contributed by atoms with van der Waals surface area (Å²) in [7, 11) is 0. The number of benzene rings is 1. The summed E-state index contributed by atoms with van der Waals surface area (Å²) in [6.07, 6.45) is 3.58. The molecule has 2 rings (SSSR count). The lowest BCUT2D eigenvalue weighted by molar-refractivity contribution is -0.120. The SMILES string of the molecule is Cc1cccc(-c2ncc(CNCC(=O)NC(C)C)cn2)c1. The molecule has 1 aromatic carbocycles.